The lowest BCUT2D eigenvalue weighted by atomic mass is 10.1. The van der Waals surface area contributed by atoms with Crippen LogP contribution in [0.5, 0.6) is 0 Å². The third kappa shape index (κ3) is 2.32. The SMILES string of the molecule is C#CC1CN(I)[C@H](CC)CN1. The highest BCUT2D eigenvalue weighted by molar-refractivity contribution is 14.1. The summed E-state index contributed by atoms with van der Waals surface area (Å²) in [7, 11) is 0. The van der Waals surface area contributed by atoms with Gasteiger partial charge in [0.2, 0.25) is 0 Å². The van der Waals surface area contributed by atoms with Crippen LogP contribution in [0, 0.1) is 12.3 Å². The van der Waals surface area contributed by atoms with Crippen LogP contribution in [0.1, 0.15) is 13.3 Å². The fourth-order valence-electron chi connectivity index (χ4n) is 1.22. The molecule has 1 aliphatic rings. The van der Waals surface area contributed by atoms with Crippen molar-refractivity contribution < 1.29 is 0 Å². The second-order valence-corrected chi connectivity index (χ2v) is 4.01. The minimum Gasteiger partial charge on any atom is -0.301 e. The number of hydrogen-bond acceptors (Lipinski definition) is 2. The number of piperazine rings is 1. The van der Waals surface area contributed by atoms with E-state index in [1.807, 2.05) is 0 Å². The van der Waals surface area contributed by atoms with Crippen molar-refractivity contribution in [2.45, 2.75) is 25.4 Å². The van der Waals surface area contributed by atoms with Gasteiger partial charge in [-0.05, 0) is 6.42 Å². The molecule has 0 amide bonds. The quantitative estimate of drug-likeness (QED) is 0.432. The molecule has 0 radical (unpaired) electrons. The van der Waals surface area contributed by atoms with Gasteiger partial charge in [-0.2, -0.15) is 0 Å². The third-order valence-electron chi connectivity index (χ3n) is 2.03. The summed E-state index contributed by atoms with van der Waals surface area (Å²) in [6.07, 6.45) is 6.50. The van der Waals surface area contributed by atoms with Gasteiger partial charge in [-0.3, -0.25) is 0 Å². The molecule has 2 nitrogen and oxygen atoms in total. The standard InChI is InChI=1S/C8H13IN2/c1-3-7-6-11(9)8(4-2)5-10-7/h1,7-8,10H,4-6H2,2H3/t7?,8-/m1/s1. The summed E-state index contributed by atoms with van der Waals surface area (Å²) in [5.74, 6) is 2.72. The molecule has 0 aromatic carbocycles. The smallest absolute Gasteiger partial charge is 0.0824 e. The maximum absolute atomic E-state index is 5.31. The first-order valence-corrected chi connectivity index (χ1v) is 4.86. The minimum atomic E-state index is 0.245. The molecule has 1 heterocycles. The summed E-state index contributed by atoms with van der Waals surface area (Å²) >= 11 is 2.36. The molecule has 1 saturated heterocycles. The maximum atomic E-state index is 5.31. The first kappa shape index (κ1) is 9.30. The van der Waals surface area contributed by atoms with Gasteiger partial charge in [0.05, 0.1) is 6.04 Å². The van der Waals surface area contributed by atoms with Crippen LogP contribution < -0.4 is 5.32 Å². The number of nitrogens with one attached hydrogen (secondary N) is 1. The van der Waals surface area contributed by atoms with Crippen molar-refractivity contribution in [2.24, 2.45) is 0 Å². The van der Waals surface area contributed by atoms with Crippen LogP contribution in [0.3, 0.4) is 0 Å². The molecule has 11 heavy (non-hydrogen) atoms. The van der Waals surface area contributed by atoms with Crippen LogP contribution in [-0.2, 0) is 0 Å². The predicted octanol–water partition coefficient (Wildman–Crippen LogP) is 1.02. The lowest BCUT2D eigenvalue weighted by Crippen LogP contribution is -2.51. The number of nitrogens with zero attached hydrogens (tertiary/aromatic N) is 1. The van der Waals surface area contributed by atoms with E-state index in [1.165, 1.54) is 6.42 Å². The molecule has 0 aromatic rings. The Morgan fingerprint density at radius 2 is 2.55 bits per heavy atom. The zero-order chi connectivity index (χ0) is 8.27. The van der Waals surface area contributed by atoms with Crippen LogP contribution in [0.4, 0.5) is 0 Å². The van der Waals surface area contributed by atoms with E-state index in [2.05, 4.69) is 44.1 Å². The van der Waals surface area contributed by atoms with E-state index < -0.39 is 0 Å². The first-order valence-electron chi connectivity index (χ1n) is 3.89. The van der Waals surface area contributed by atoms with Crippen molar-refractivity contribution in [3.05, 3.63) is 0 Å². The fraction of sp³-hybridized carbons (Fsp3) is 0.750. The molecular formula is C8H13IN2. The Morgan fingerprint density at radius 1 is 1.82 bits per heavy atom. The largest absolute Gasteiger partial charge is 0.301 e. The Kier molecular flexibility index (Phi) is 3.63. The average Bonchev–Trinajstić information content (AvgIpc) is 2.04. The normalized spacial score (nSPS) is 33.2. The molecule has 1 fully saturated rings. The van der Waals surface area contributed by atoms with Crippen molar-refractivity contribution in [3.8, 4) is 12.3 Å². The summed E-state index contributed by atoms with van der Waals surface area (Å²) in [5.41, 5.74) is 0. The number of terminal acetylenes is 1. The van der Waals surface area contributed by atoms with E-state index >= 15 is 0 Å². The number of rotatable bonds is 1. The zero-order valence-corrected chi connectivity index (χ0v) is 8.84. The van der Waals surface area contributed by atoms with Crippen molar-refractivity contribution in [3.63, 3.8) is 0 Å². The predicted molar refractivity (Wildman–Crippen MR) is 55.4 cm³/mol. The Hall–Kier alpha value is 0.210. The van der Waals surface area contributed by atoms with E-state index in [-0.39, 0.29) is 6.04 Å². The summed E-state index contributed by atoms with van der Waals surface area (Å²) in [5, 5.41) is 3.32. The molecule has 1 aliphatic heterocycles. The Bertz CT molecular complexity index is 164. The highest BCUT2D eigenvalue weighted by atomic mass is 127. The molecule has 0 aromatic heterocycles. The summed E-state index contributed by atoms with van der Waals surface area (Å²) in [4.78, 5) is 0. The van der Waals surface area contributed by atoms with Gasteiger partial charge in [0.1, 0.15) is 0 Å². The van der Waals surface area contributed by atoms with Crippen molar-refractivity contribution >= 4 is 22.9 Å². The molecule has 2 atom stereocenters. The number of halogens is 1. The molecule has 0 bridgehead atoms. The Balaban J connectivity index is 2.42. The van der Waals surface area contributed by atoms with E-state index in [9.17, 15) is 0 Å². The van der Waals surface area contributed by atoms with E-state index in [0.717, 1.165) is 13.1 Å². The third-order valence-corrected chi connectivity index (χ3v) is 3.21. The van der Waals surface area contributed by atoms with Crippen molar-refractivity contribution in [1.29, 1.82) is 0 Å². The molecule has 0 aliphatic carbocycles. The summed E-state index contributed by atoms with van der Waals surface area (Å²) < 4.78 is 2.30. The van der Waals surface area contributed by atoms with Gasteiger partial charge in [0.25, 0.3) is 0 Å². The molecule has 0 spiro atoms. The monoisotopic (exact) mass is 264 g/mol. The van der Waals surface area contributed by atoms with Crippen LogP contribution in [0.2, 0.25) is 0 Å². The Morgan fingerprint density at radius 3 is 3.00 bits per heavy atom. The maximum Gasteiger partial charge on any atom is 0.0824 e. The zero-order valence-electron chi connectivity index (χ0n) is 6.68. The van der Waals surface area contributed by atoms with Gasteiger partial charge < -0.3 is 5.32 Å². The van der Waals surface area contributed by atoms with Gasteiger partial charge in [-0.1, -0.05) is 12.8 Å². The molecule has 1 unspecified atom stereocenters. The first-order chi connectivity index (χ1) is 5.27. The second kappa shape index (κ2) is 4.29. The van der Waals surface area contributed by atoms with E-state index in [1.54, 1.807) is 0 Å². The van der Waals surface area contributed by atoms with Gasteiger partial charge in [-0.15, -0.1) is 6.42 Å². The summed E-state index contributed by atoms with van der Waals surface area (Å²) in [6.45, 7) is 4.19. The van der Waals surface area contributed by atoms with Crippen molar-refractivity contribution in [2.75, 3.05) is 13.1 Å². The molecular weight excluding hydrogens is 251 g/mol. The fourth-order valence-corrected chi connectivity index (χ4v) is 2.20. The van der Waals surface area contributed by atoms with Gasteiger partial charge in [0, 0.05) is 42.0 Å². The highest BCUT2D eigenvalue weighted by Gasteiger charge is 2.23. The van der Waals surface area contributed by atoms with Gasteiger partial charge >= 0.3 is 0 Å². The summed E-state index contributed by atoms with van der Waals surface area (Å²) in [6, 6.07) is 0.898. The van der Waals surface area contributed by atoms with Crippen LogP contribution in [0.15, 0.2) is 0 Å². The van der Waals surface area contributed by atoms with Crippen LogP contribution in [0.25, 0.3) is 0 Å². The molecule has 1 rings (SSSR count). The number of hydrogen-bond donors (Lipinski definition) is 1. The van der Waals surface area contributed by atoms with Gasteiger partial charge in [0.15, 0.2) is 0 Å². The molecule has 3 heteroatoms. The average molecular weight is 264 g/mol. The van der Waals surface area contributed by atoms with Crippen molar-refractivity contribution in [1.82, 2.24) is 8.43 Å². The lowest BCUT2D eigenvalue weighted by Gasteiger charge is -2.33. The topological polar surface area (TPSA) is 15.3 Å². The van der Waals surface area contributed by atoms with E-state index in [4.69, 9.17) is 6.42 Å². The lowest BCUT2D eigenvalue weighted by molar-refractivity contribution is 0.282. The molecule has 1 N–H and O–H groups in total. The van der Waals surface area contributed by atoms with Gasteiger partial charge in [-0.25, -0.2) is 3.11 Å². The molecule has 62 valence electrons. The van der Waals surface area contributed by atoms with Crippen LogP contribution >= 0.6 is 22.9 Å². The molecule has 0 saturated carbocycles. The van der Waals surface area contributed by atoms with E-state index in [0.29, 0.717) is 6.04 Å². The Labute approximate surface area is 82.2 Å². The second-order valence-electron chi connectivity index (χ2n) is 2.77. The van der Waals surface area contributed by atoms with Crippen LogP contribution in [-0.4, -0.2) is 28.3 Å². The minimum absolute atomic E-state index is 0.245. The highest BCUT2D eigenvalue weighted by Crippen LogP contribution is 2.14.